The number of aliphatic hydroxyl groups excluding tert-OH is 1. The van der Waals surface area contributed by atoms with Gasteiger partial charge in [-0.15, -0.1) is 11.8 Å². The molecule has 0 spiro atoms. The predicted octanol–water partition coefficient (Wildman–Crippen LogP) is -4.76. The number of aromatic carboxylic acids is 1. The van der Waals surface area contributed by atoms with Crippen molar-refractivity contribution in [2.24, 2.45) is 11.8 Å². The first-order valence-corrected chi connectivity index (χ1v) is 17.6. The van der Waals surface area contributed by atoms with Gasteiger partial charge in [0.15, 0.2) is 5.43 Å². The van der Waals surface area contributed by atoms with Crippen LogP contribution in [0.25, 0.3) is 10.9 Å². The maximum atomic E-state index is 15.5. The molecule has 1 amide bonds. The molecule has 0 radical (unpaired) electrons. The van der Waals surface area contributed by atoms with Crippen LogP contribution >= 0.6 is 47.3 Å². The topological polar surface area (TPSA) is 158 Å². The third kappa shape index (κ3) is 7.25. The molecule has 2 N–H and O–H groups in total. The van der Waals surface area contributed by atoms with Gasteiger partial charge >= 0.3 is 59.1 Å². The molecule has 4 heterocycles. The van der Waals surface area contributed by atoms with Gasteiger partial charge in [0.05, 0.1) is 62.9 Å². The fourth-order valence-corrected chi connectivity index (χ4v) is 9.66. The molecule has 5 atom stereocenters. The van der Waals surface area contributed by atoms with Crippen molar-refractivity contribution in [3.05, 3.63) is 49.5 Å². The standard InChI is InChI=1S/C30H32ClFN4O7S3.2Na/c1-12-21-19(13(2)37)27(39)36(21)24(29(42)43)26(12)45-7-8-46-30(44)33-14-5-6-34(10-14)23-18(32)9-16-22(20(23)31)35(15-3-4-15)11-17(25(16)38)28(40)41;;/h9,11-15,19,21,37H,3-8,10H2,1-2H3,(H,33,44)(H,40,41)(H,42,43);;/q;2*+1/p-2/t12-,13+,14?,19-,21-;;/m0../s1. The summed E-state index contributed by atoms with van der Waals surface area (Å²) in [7, 11) is 0. The van der Waals surface area contributed by atoms with Crippen molar-refractivity contribution in [3.63, 3.8) is 0 Å². The van der Waals surface area contributed by atoms with Crippen molar-refractivity contribution in [3.8, 4) is 0 Å². The van der Waals surface area contributed by atoms with Crippen molar-refractivity contribution in [1.29, 1.82) is 0 Å². The number of anilines is 1. The molecule has 3 aliphatic heterocycles. The number of halogens is 2. The van der Waals surface area contributed by atoms with Crippen molar-refractivity contribution in [2.45, 2.75) is 57.3 Å². The van der Waals surface area contributed by atoms with Crippen LogP contribution in [0.3, 0.4) is 0 Å². The van der Waals surface area contributed by atoms with Crippen LogP contribution in [0.1, 0.15) is 49.5 Å². The molecular weight excluding hydrogens is 725 g/mol. The Morgan fingerprint density at radius 3 is 2.48 bits per heavy atom. The summed E-state index contributed by atoms with van der Waals surface area (Å²) in [5.74, 6) is -3.96. The Bertz CT molecular complexity index is 1780. The number of hydrogen-bond acceptors (Lipinski definition) is 11. The van der Waals surface area contributed by atoms with Gasteiger partial charge in [-0.2, -0.15) is 0 Å². The van der Waals surface area contributed by atoms with Gasteiger partial charge in [-0.25, -0.2) is 4.39 Å². The number of pyridine rings is 1. The van der Waals surface area contributed by atoms with Gasteiger partial charge in [0.1, 0.15) is 10.1 Å². The van der Waals surface area contributed by atoms with Gasteiger partial charge in [0.25, 0.3) is 0 Å². The molecule has 1 aromatic heterocycles. The van der Waals surface area contributed by atoms with Crippen LogP contribution in [0.5, 0.6) is 0 Å². The summed E-state index contributed by atoms with van der Waals surface area (Å²) in [5.41, 5.74) is -1.03. The number of thiocarbonyl (C=S) groups is 1. The van der Waals surface area contributed by atoms with Crippen LogP contribution < -0.4 is 85.0 Å². The van der Waals surface area contributed by atoms with E-state index in [1.165, 1.54) is 41.5 Å². The number of aliphatic carboxylic acids is 1. The number of carboxylic acid groups (broad SMARTS) is 2. The van der Waals surface area contributed by atoms with Crippen LogP contribution in [-0.2, 0) is 9.59 Å². The maximum Gasteiger partial charge on any atom is 1.00 e. The van der Waals surface area contributed by atoms with Gasteiger partial charge in [-0.3, -0.25) is 9.59 Å². The van der Waals surface area contributed by atoms with Gasteiger partial charge in [-0.05, 0) is 32.3 Å². The number of rotatable bonds is 10. The minimum absolute atomic E-state index is 0. The molecule has 11 nitrogen and oxygen atoms in total. The molecule has 4 aliphatic rings. The average molecular weight is 755 g/mol. The second kappa shape index (κ2) is 15.8. The molecule has 1 unspecified atom stereocenters. The quantitative estimate of drug-likeness (QED) is 0.104. The Labute approximate surface area is 338 Å². The predicted molar refractivity (Wildman–Crippen MR) is 174 cm³/mol. The zero-order valence-corrected chi connectivity index (χ0v) is 34.0. The number of β-lactam (4-membered cyclic amide) rings is 1. The summed E-state index contributed by atoms with van der Waals surface area (Å²) < 4.78 is 17.7. The number of carbonyl (C=O) groups excluding carboxylic acids is 3. The van der Waals surface area contributed by atoms with E-state index >= 15 is 4.39 Å². The van der Waals surface area contributed by atoms with E-state index < -0.39 is 52.7 Å². The third-order valence-corrected chi connectivity index (χ3v) is 12.2. The van der Waals surface area contributed by atoms with Crippen molar-refractivity contribution >= 4 is 86.1 Å². The van der Waals surface area contributed by atoms with E-state index in [-0.39, 0.29) is 98.9 Å². The zero-order valence-electron chi connectivity index (χ0n) is 26.8. The maximum absolute atomic E-state index is 15.5. The summed E-state index contributed by atoms with van der Waals surface area (Å²) in [4.78, 5) is 52.4. The van der Waals surface area contributed by atoms with E-state index in [9.17, 15) is 34.5 Å². The fraction of sp³-hybridized carbons (Fsp3) is 0.500. The first-order valence-electron chi connectivity index (χ1n) is 14.9. The van der Waals surface area contributed by atoms with E-state index in [0.29, 0.717) is 45.8 Å². The number of benzene rings is 1. The van der Waals surface area contributed by atoms with E-state index in [4.69, 9.17) is 23.8 Å². The van der Waals surface area contributed by atoms with Crippen molar-refractivity contribution in [2.75, 3.05) is 29.5 Å². The van der Waals surface area contributed by atoms with Gasteiger partial charge in [0.2, 0.25) is 5.91 Å². The number of aliphatic hydroxyl groups is 1. The largest absolute Gasteiger partial charge is 1.00 e. The van der Waals surface area contributed by atoms with E-state index in [1.807, 2.05) is 6.92 Å². The van der Waals surface area contributed by atoms with Crippen LogP contribution in [-0.4, -0.2) is 79.5 Å². The van der Waals surface area contributed by atoms with Gasteiger partial charge < -0.3 is 44.6 Å². The molecule has 48 heavy (non-hydrogen) atoms. The van der Waals surface area contributed by atoms with Gasteiger partial charge in [-0.1, -0.05) is 42.5 Å². The minimum atomic E-state index is -1.62. The Balaban J connectivity index is 0.00000260. The van der Waals surface area contributed by atoms with E-state index in [2.05, 4.69) is 5.32 Å². The molecule has 0 bridgehead atoms. The Kier molecular flexibility index (Phi) is 13.1. The van der Waals surface area contributed by atoms with Crippen LogP contribution in [0.2, 0.25) is 5.02 Å². The SMILES string of the molecule is C[C@@H]1C(SCCSC(=S)NC2CCN(c3c(F)cc4c(=O)c(C(=O)[O-])cn(C5CC5)c4c3Cl)C2)=C(C(=O)[O-])N2C(=O)[C@@H]([C@@H](C)O)[C@H]12.[Na+].[Na+]. The fourth-order valence-electron chi connectivity index (χ4n) is 6.79. The van der Waals surface area contributed by atoms with E-state index in [0.717, 1.165) is 18.9 Å². The average Bonchev–Trinajstić information content (AvgIpc) is 3.67. The Morgan fingerprint density at radius 1 is 1.19 bits per heavy atom. The van der Waals surface area contributed by atoms with Gasteiger partial charge in [0, 0.05) is 53.7 Å². The first kappa shape index (κ1) is 39.9. The normalized spacial score (nSPS) is 23.7. The second-order valence-corrected chi connectivity index (χ2v) is 15.3. The molecule has 2 saturated heterocycles. The van der Waals surface area contributed by atoms with Crippen LogP contribution in [0, 0.1) is 17.7 Å². The zero-order chi connectivity index (χ0) is 33.2. The number of thioether (sulfide) groups is 2. The number of carboxylic acids is 2. The Morgan fingerprint density at radius 2 is 1.88 bits per heavy atom. The third-order valence-electron chi connectivity index (χ3n) is 9.05. The number of fused-ring (bicyclic) bond motifs is 2. The molecule has 6 rings (SSSR count). The molecule has 1 saturated carbocycles. The Hall–Kier alpha value is -0.850. The second-order valence-electron chi connectivity index (χ2n) is 12.0. The molecule has 18 heteroatoms. The summed E-state index contributed by atoms with van der Waals surface area (Å²) >= 11 is 15.0. The molecule has 2 aromatic rings. The number of nitrogens with one attached hydrogen (secondary N) is 1. The number of amides is 1. The van der Waals surface area contributed by atoms with Crippen molar-refractivity contribution in [1.82, 2.24) is 14.8 Å². The molecule has 1 aliphatic carbocycles. The first-order chi connectivity index (χ1) is 21.8. The van der Waals surface area contributed by atoms with Crippen LogP contribution in [0.15, 0.2) is 27.7 Å². The number of hydrogen-bond donors (Lipinski definition) is 2. The molecular formula is C30H30ClFN4Na2O7S3. The number of nitrogens with zero attached hydrogens (tertiary/aromatic N) is 3. The smallest absolute Gasteiger partial charge is 0.545 e. The van der Waals surface area contributed by atoms with E-state index in [1.54, 1.807) is 9.47 Å². The number of aromatic nitrogens is 1. The molecule has 1 aromatic carbocycles. The summed E-state index contributed by atoms with van der Waals surface area (Å²) in [6.07, 6.45) is 2.57. The van der Waals surface area contributed by atoms with Crippen LogP contribution in [0.4, 0.5) is 10.1 Å². The number of carbonyl (C=O) groups is 3. The minimum Gasteiger partial charge on any atom is -0.545 e. The summed E-state index contributed by atoms with van der Waals surface area (Å²) in [6, 6.07) is 0.511. The summed E-state index contributed by atoms with van der Waals surface area (Å²) in [5, 5.41) is 36.7. The van der Waals surface area contributed by atoms with Crippen molar-refractivity contribution < 1.29 is 93.2 Å². The summed E-state index contributed by atoms with van der Waals surface area (Å²) in [6.45, 7) is 4.23. The molecule has 246 valence electrons. The molecule has 3 fully saturated rings. The monoisotopic (exact) mass is 754 g/mol.